The lowest BCUT2D eigenvalue weighted by molar-refractivity contribution is -0.118. The van der Waals surface area contributed by atoms with Gasteiger partial charge >= 0.3 is 0 Å². The number of hydrogen-bond donors (Lipinski definition) is 2. The van der Waals surface area contributed by atoms with Crippen molar-refractivity contribution in [2.45, 2.75) is 43.3 Å². The molecule has 0 unspecified atom stereocenters. The van der Waals surface area contributed by atoms with Crippen LogP contribution >= 0.6 is 23.4 Å². The number of amides is 1. The van der Waals surface area contributed by atoms with Gasteiger partial charge in [0.25, 0.3) is 5.91 Å². The van der Waals surface area contributed by atoms with Crippen LogP contribution in [0.15, 0.2) is 46.7 Å². The highest BCUT2D eigenvalue weighted by atomic mass is 35.5. The summed E-state index contributed by atoms with van der Waals surface area (Å²) >= 11 is 7.40. The molecular formula is C25H28ClN5O4S. The molecule has 9 nitrogen and oxygen atoms in total. The minimum absolute atomic E-state index is 0.0994. The van der Waals surface area contributed by atoms with Gasteiger partial charge in [0.1, 0.15) is 0 Å². The number of nitrogens with one attached hydrogen (secondary N) is 1. The first-order chi connectivity index (χ1) is 17.5. The van der Waals surface area contributed by atoms with Gasteiger partial charge in [-0.3, -0.25) is 9.36 Å². The molecule has 2 N–H and O–H groups in total. The largest absolute Gasteiger partial charge is 0.502 e. The van der Waals surface area contributed by atoms with Gasteiger partial charge in [-0.2, -0.15) is 5.10 Å². The predicted molar refractivity (Wildman–Crippen MR) is 140 cm³/mol. The number of benzene rings is 2. The number of hydrogen-bond acceptors (Lipinski definition) is 8. The Morgan fingerprint density at radius 3 is 2.47 bits per heavy atom. The van der Waals surface area contributed by atoms with Crippen LogP contribution in [-0.2, 0) is 4.79 Å². The van der Waals surface area contributed by atoms with Gasteiger partial charge in [0.15, 0.2) is 22.5 Å². The quantitative estimate of drug-likeness (QED) is 0.226. The number of aromatic hydroxyl groups is 1. The summed E-state index contributed by atoms with van der Waals surface area (Å²) in [5.41, 5.74) is 4.07. The average Bonchev–Trinajstić information content (AvgIpc) is 3.33. The molecule has 0 aliphatic heterocycles. The fraction of sp³-hybridized carbons (Fsp3) is 0.360. The average molecular weight is 530 g/mol. The molecule has 1 aliphatic rings. The number of nitrogens with zero attached hydrogens (tertiary/aromatic N) is 4. The van der Waals surface area contributed by atoms with Crippen LogP contribution in [-0.4, -0.2) is 52.0 Å². The van der Waals surface area contributed by atoms with Crippen molar-refractivity contribution in [3.8, 4) is 28.6 Å². The first-order valence-corrected chi connectivity index (χ1v) is 13.0. The molecule has 1 heterocycles. The number of halogens is 1. The zero-order chi connectivity index (χ0) is 25.5. The van der Waals surface area contributed by atoms with Gasteiger partial charge in [0.2, 0.25) is 5.75 Å². The molecule has 1 fully saturated rings. The molecule has 190 valence electrons. The third kappa shape index (κ3) is 6.11. The maximum Gasteiger partial charge on any atom is 0.250 e. The van der Waals surface area contributed by atoms with Crippen LogP contribution in [0.1, 0.15) is 43.7 Å². The molecule has 0 atom stereocenters. The van der Waals surface area contributed by atoms with Crippen molar-refractivity contribution in [2.24, 2.45) is 5.10 Å². The van der Waals surface area contributed by atoms with Crippen molar-refractivity contribution in [3.63, 3.8) is 0 Å². The number of carbonyl (C=O) groups excluding carboxylic acids is 1. The molecule has 4 rings (SSSR count). The standard InChI is InChI=1S/C25H28ClN5O4S/c1-34-20-12-16(13-21(35-2)23(20)33)14-27-28-22(32)15-36-25-30-29-24(17-8-10-18(26)11-9-17)31(25)19-6-4-3-5-7-19/h8-14,19,33H,3-7,15H2,1-2H3,(H,28,32). The number of carbonyl (C=O) groups is 1. The van der Waals surface area contributed by atoms with E-state index < -0.39 is 0 Å². The van der Waals surface area contributed by atoms with E-state index in [4.69, 9.17) is 21.1 Å². The normalized spacial score (nSPS) is 14.2. The number of thioether (sulfide) groups is 1. The maximum atomic E-state index is 12.5. The molecule has 1 aromatic heterocycles. The fourth-order valence-corrected chi connectivity index (χ4v) is 5.09. The lowest BCUT2D eigenvalue weighted by atomic mass is 9.95. The zero-order valence-electron chi connectivity index (χ0n) is 20.1. The number of aromatic nitrogens is 3. The van der Waals surface area contributed by atoms with Crippen molar-refractivity contribution < 1.29 is 19.4 Å². The minimum atomic E-state index is -0.278. The maximum absolute atomic E-state index is 12.5. The fourth-order valence-electron chi connectivity index (χ4n) is 4.17. The monoisotopic (exact) mass is 529 g/mol. The minimum Gasteiger partial charge on any atom is -0.502 e. The van der Waals surface area contributed by atoms with Crippen LogP contribution in [0.5, 0.6) is 17.2 Å². The number of methoxy groups -OCH3 is 2. The summed E-state index contributed by atoms with van der Waals surface area (Å²) in [6, 6.07) is 11.0. The number of rotatable bonds is 9. The molecule has 1 aliphatic carbocycles. The van der Waals surface area contributed by atoms with E-state index in [1.807, 2.05) is 24.3 Å². The predicted octanol–water partition coefficient (Wildman–Crippen LogP) is 5.07. The Morgan fingerprint density at radius 2 is 1.83 bits per heavy atom. The summed E-state index contributed by atoms with van der Waals surface area (Å²) in [6.45, 7) is 0. The van der Waals surface area contributed by atoms with Gasteiger partial charge < -0.3 is 14.6 Å². The second kappa shape index (κ2) is 12.1. The van der Waals surface area contributed by atoms with Crippen LogP contribution in [0.2, 0.25) is 5.02 Å². The highest BCUT2D eigenvalue weighted by Gasteiger charge is 2.24. The summed E-state index contributed by atoms with van der Waals surface area (Å²) in [7, 11) is 2.89. The first kappa shape index (κ1) is 25.8. The van der Waals surface area contributed by atoms with Gasteiger partial charge in [-0.25, -0.2) is 5.43 Å². The number of phenolic OH excluding ortho intramolecular Hbond substituents is 1. The Morgan fingerprint density at radius 1 is 1.17 bits per heavy atom. The summed E-state index contributed by atoms with van der Waals surface area (Å²) in [4.78, 5) is 12.5. The zero-order valence-corrected chi connectivity index (χ0v) is 21.7. The second-order valence-electron chi connectivity index (χ2n) is 8.33. The van der Waals surface area contributed by atoms with Crippen molar-refractivity contribution in [1.82, 2.24) is 20.2 Å². The van der Waals surface area contributed by atoms with Crippen molar-refractivity contribution in [1.29, 1.82) is 0 Å². The van der Waals surface area contributed by atoms with Crippen LogP contribution < -0.4 is 14.9 Å². The molecule has 36 heavy (non-hydrogen) atoms. The highest BCUT2D eigenvalue weighted by Crippen LogP contribution is 2.37. The Bertz CT molecular complexity index is 1200. The highest BCUT2D eigenvalue weighted by molar-refractivity contribution is 7.99. The van der Waals surface area contributed by atoms with E-state index in [1.54, 1.807) is 12.1 Å². The summed E-state index contributed by atoms with van der Waals surface area (Å²) < 4.78 is 12.4. The second-order valence-corrected chi connectivity index (χ2v) is 9.71. The Kier molecular flexibility index (Phi) is 8.71. The molecule has 3 aromatic rings. The Balaban J connectivity index is 1.44. The van der Waals surface area contributed by atoms with Crippen LogP contribution in [0.4, 0.5) is 0 Å². The Hall–Kier alpha value is -3.24. The van der Waals surface area contributed by atoms with E-state index in [2.05, 4.69) is 25.3 Å². The molecule has 0 saturated heterocycles. The van der Waals surface area contributed by atoms with Crippen LogP contribution in [0.25, 0.3) is 11.4 Å². The van der Waals surface area contributed by atoms with Gasteiger partial charge in [-0.15, -0.1) is 10.2 Å². The van der Waals surface area contributed by atoms with Crippen molar-refractivity contribution >= 4 is 35.5 Å². The van der Waals surface area contributed by atoms with Crippen LogP contribution in [0, 0.1) is 0 Å². The number of hydrazone groups is 1. The number of phenols is 1. The summed E-state index contributed by atoms with van der Waals surface area (Å²) in [5, 5.41) is 24.3. The Labute approximate surface area is 218 Å². The topological polar surface area (TPSA) is 111 Å². The van der Waals surface area contributed by atoms with E-state index >= 15 is 0 Å². The van der Waals surface area contributed by atoms with Gasteiger partial charge in [0.05, 0.1) is 26.2 Å². The van der Waals surface area contributed by atoms with E-state index in [-0.39, 0.29) is 28.9 Å². The van der Waals surface area contributed by atoms with E-state index in [1.165, 1.54) is 38.6 Å². The van der Waals surface area contributed by atoms with E-state index in [0.717, 1.165) is 37.1 Å². The third-order valence-electron chi connectivity index (χ3n) is 5.94. The molecule has 0 bridgehead atoms. The van der Waals surface area contributed by atoms with Crippen molar-refractivity contribution in [3.05, 3.63) is 47.0 Å². The smallest absolute Gasteiger partial charge is 0.250 e. The van der Waals surface area contributed by atoms with E-state index in [9.17, 15) is 9.90 Å². The summed E-state index contributed by atoms with van der Waals surface area (Å²) in [5.74, 6) is 1.03. The van der Waals surface area contributed by atoms with E-state index in [0.29, 0.717) is 21.8 Å². The molecule has 0 spiro atoms. The molecule has 1 amide bonds. The molecular weight excluding hydrogens is 502 g/mol. The lowest BCUT2D eigenvalue weighted by Crippen LogP contribution is -2.20. The SMILES string of the molecule is COc1cc(C=NNC(=O)CSc2nnc(-c3ccc(Cl)cc3)n2C2CCCCC2)cc(OC)c1O. The van der Waals surface area contributed by atoms with Crippen molar-refractivity contribution in [2.75, 3.05) is 20.0 Å². The van der Waals surface area contributed by atoms with Gasteiger partial charge in [-0.05, 0) is 49.2 Å². The number of ether oxygens (including phenoxy) is 2. The molecule has 1 saturated carbocycles. The molecule has 11 heteroatoms. The molecule has 2 aromatic carbocycles. The third-order valence-corrected chi connectivity index (χ3v) is 7.14. The lowest BCUT2D eigenvalue weighted by Gasteiger charge is -2.25. The van der Waals surface area contributed by atoms with Crippen LogP contribution in [0.3, 0.4) is 0 Å². The summed E-state index contributed by atoms with van der Waals surface area (Å²) in [6.07, 6.45) is 7.13. The van der Waals surface area contributed by atoms with Gasteiger partial charge in [-0.1, -0.05) is 42.6 Å². The molecule has 0 radical (unpaired) electrons. The van der Waals surface area contributed by atoms with Gasteiger partial charge in [0, 0.05) is 22.2 Å². The first-order valence-electron chi connectivity index (χ1n) is 11.6.